The maximum absolute atomic E-state index is 9.56. The summed E-state index contributed by atoms with van der Waals surface area (Å²) >= 11 is 6.29. The van der Waals surface area contributed by atoms with Crippen LogP contribution in [0.2, 0.25) is 5.02 Å². The van der Waals surface area contributed by atoms with Crippen molar-refractivity contribution in [3.8, 4) is 11.1 Å². The highest BCUT2D eigenvalue weighted by Crippen LogP contribution is 2.32. The van der Waals surface area contributed by atoms with Gasteiger partial charge in [0.2, 0.25) is 0 Å². The highest BCUT2D eigenvalue weighted by Gasteiger charge is 2.20. The topological polar surface area (TPSA) is 40.5 Å². The van der Waals surface area contributed by atoms with Crippen molar-refractivity contribution in [3.63, 3.8) is 0 Å². The molecule has 2 nitrogen and oxygen atoms in total. The second-order valence-electron chi connectivity index (χ2n) is 4.60. The molecule has 0 aromatic heterocycles. The monoisotopic (exact) mass is 282 g/mol. The lowest BCUT2D eigenvalue weighted by atomic mass is 9.75. The van der Waals surface area contributed by atoms with Gasteiger partial charge in [0.05, 0.1) is 0 Å². The van der Waals surface area contributed by atoms with E-state index in [0.717, 1.165) is 16.3 Å². The summed E-state index contributed by atoms with van der Waals surface area (Å²) < 4.78 is 0. The van der Waals surface area contributed by atoms with Crippen LogP contribution in [0.3, 0.4) is 0 Å². The van der Waals surface area contributed by atoms with E-state index in [9.17, 15) is 10.0 Å². The molecule has 0 radical (unpaired) electrons. The van der Waals surface area contributed by atoms with Crippen molar-refractivity contribution in [2.45, 2.75) is 0 Å². The van der Waals surface area contributed by atoms with Crippen LogP contribution in [0.1, 0.15) is 0 Å². The Morgan fingerprint density at radius 2 is 1.50 bits per heavy atom. The lowest BCUT2D eigenvalue weighted by molar-refractivity contribution is 0.426. The van der Waals surface area contributed by atoms with Crippen molar-refractivity contribution in [1.29, 1.82) is 0 Å². The molecule has 20 heavy (non-hydrogen) atoms. The van der Waals surface area contributed by atoms with Gasteiger partial charge >= 0.3 is 7.12 Å². The van der Waals surface area contributed by atoms with Gasteiger partial charge in [-0.05, 0) is 27.9 Å². The zero-order valence-electron chi connectivity index (χ0n) is 10.6. The molecule has 3 aromatic rings. The van der Waals surface area contributed by atoms with Gasteiger partial charge in [-0.2, -0.15) is 0 Å². The molecule has 0 aliphatic rings. The van der Waals surface area contributed by atoms with Crippen molar-refractivity contribution in [2.75, 3.05) is 0 Å². The summed E-state index contributed by atoms with van der Waals surface area (Å²) in [6, 6.07) is 19.0. The number of hydrogen-bond acceptors (Lipinski definition) is 2. The van der Waals surface area contributed by atoms with Crippen LogP contribution >= 0.6 is 11.6 Å². The quantitative estimate of drug-likeness (QED) is 0.710. The minimum atomic E-state index is -1.55. The summed E-state index contributed by atoms with van der Waals surface area (Å²) in [4.78, 5) is 0. The molecule has 0 fully saturated rings. The van der Waals surface area contributed by atoms with Crippen LogP contribution in [0.5, 0.6) is 0 Å². The van der Waals surface area contributed by atoms with Crippen molar-refractivity contribution in [3.05, 3.63) is 65.7 Å². The van der Waals surface area contributed by atoms with Crippen molar-refractivity contribution >= 4 is 35.0 Å². The lowest BCUT2D eigenvalue weighted by Crippen LogP contribution is -2.31. The fourth-order valence-corrected chi connectivity index (χ4v) is 2.77. The fraction of sp³-hybridized carbons (Fsp3) is 0. The van der Waals surface area contributed by atoms with Gasteiger partial charge in [-0.15, -0.1) is 0 Å². The van der Waals surface area contributed by atoms with Crippen molar-refractivity contribution in [2.24, 2.45) is 0 Å². The maximum Gasteiger partial charge on any atom is 0.489 e. The predicted molar refractivity (Wildman–Crippen MR) is 84.2 cm³/mol. The summed E-state index contributed by atoms with van der Waals surface area (Å²) in [6.07, 6.45) is 0. The van der Waals surface area contributed by atoms with Crippen LogP contribution in [0.4, 0.5) is 0 Å². The third kappa shape index (κ3) is 2.20. The number of benzene rings is 3. The van der Waals surface area contributed by atoms with Crippen LogP contribution < -0.4 is 5.46 Å². The first-order valence-corrected chi connectivity index (χ1v) is 6.69. The van der Waals surface area contributed by atoms with Gasteiger partial charge in [0.1, 0.15) is 0 Å². The highest BCUT2D eigenvalue weighted by molar-refractivity contribution is 6.61. The second-order valence-corrected chi connectivity index (χ2v) is 5.01. The van der Waals surface area contributed by atoms with E-state index in [2.05, 4.69) is 0 Å². The van der Waals surface area contributed by atoms with E-state index >= 15 is 0 Å². The van der Waals surface area contributed by atoms with Gasteiger partial charge in [-0.1, -0.05) is 66.2 Å². The molecule has 4 heteroatoms. The smallest absolute Gasteiger partial charge is 0.423 e. The van der Waals surface area contributed by atoms with E-state index in [1.807, 2.05) is 42.5 Å². The van der Waals surface area contributed by atoms with E-state index in [0.29, 0.717) is 16.0 Å². The van der Waals surface area contributed by atoms with Crippen LogP contribution in [0.25, 0.3) is 21.9 Å². The Bertz CT molecular complexity index is 766. The van der Waals surface area contributed by atoms with Crippen LogP contribution in [-0.2, 0) is 0 Å². The molecule has 3 rings (SSSR count). The van der Waals surface area contributed by atoms with Crippen molar-refractivity contribution in [1.82, 2.24) is 0 Å². The van der Waals surface area contributed by atoms with Gasteiger partial charge < -0.3 is 10.0 Å². The molecular weight excluding hydrogens is 270 g/mol. The molecular formula is C16H12BClO2. The first-order valence-electron chi connectivity index (χ1n) is 6.31. The van der Waals surface area contributed by atoms with Crippen molar-refractivity contribution < 1.29 is 10.0 Å². The standard InChI is InChI=1S/C16H12BClO2/c18-15-10-4-9-14(17(19)20)16(15)13-8-3-6-11-5-1-2-7-12(11)13/h1-10,19-20H. The lowest BCUT2D eigenvalue weighted by Gasteiger charge is -2.13. The predicted octanol–water partition coefficient (Wildman–Crippen LogP) is 2.84. The first-order chi connectivity index (χ1) is 9.68. The molecule has 3 aromatic carbocycles. The minimum Gasteiger partial charge on any atom is -0.423 e. The molecule has 0 spiro atoms. The van der Waals surface area contributed by atoms with Gasteiger partial charge in [-0.25, -0.2) is 0 Å². The van der Waals surface area contributed by atoms with Crippen LogP contribution in [-0.4, -0.2) is 17.2 Å². The molecule has 0 amide bonds. The Balaban J connectivity index is 2.37. The Morgan fingerprint density at radius 3 is 2.30 bits per heavy atom. The Hall–Kier alpha value is -1.81. The number of rotatable bonds is 2. The van der Waals surface area contributed by atoms with Gasteiger partial charge in [0.15, 0.2) is 0 Å². The van der Waals surface area contributed by atoms with E-state index in [1.165, 1.54) is 0 Å². The molecule has 2 N–H and O–H groups in total. The van der Waals surface area contributed by atoms with E-state index in [4.69, 9.17) is 11.6 Å². The largest absolute Gasteiger partial charge is 0.489 e. The van der Waals surface area contributed by atoms with E-state index in [1.54, 1.807) is 18.2 Å². The molecule has 0 aliphatic heterocycles. The maximum atomic E-state index is 9.56. The number of fused-ring (bicyclic) bond motifs is 1. The Kier molecular flexibility index (Phi) is 3.49. The fourth-order valence-electron chi connectivity index (χ4n) is 2.48. The van der Waals surface area contributed by atoms with Crippen LogP contribution in [0.15, 0.2) is 60.7 Å². The summed E-state index contributed by atoms with van der Waals surface area (Å²) in [5.41, 5.74) is 1.98. The third-order valence-electron chi connectivity index (χ3n) is 3.38. The number of halogens is 1. The summed E-state index contributed by atoms with van der Waals surface area (Å²) in [6.45, 7) is 0. The summed E-state index contributed by atoms with van der Waals surface area (Å²) in [7, 11) is -1.55. The molecule has 98 valence electrons. The van der Waals surface area contributed by atoms with E-state index in [-0.39, 0.29) is 0 Å². The minimum absolute atomic E-state index is 0.411. The first kappa shape index (κ1) is 13.2. The zero-order valence-corrected chi connectivity index (χ0v) is 11.4. The van der Waals surface area contributed by atoms with Gasteiger partial charge in [0, 0.05) is 10.6 Å². The van der Waals surface area contributed by atoms with Crippen LogP contribution in [0, 0.1) is 0 Å². The Labute approximate surface area is 122 Å². The zero-order chi connectivity index (χ0) is 14.1. The molecule has 0 bridgehead atoms. The van der Waals surface area contributed by atoms with Gasteiger partial charge in [-0.3, -0.25) is 0 Å². The second kappa shape index (κ2) is 5.29. The van der Waals surface area contributed by atoms with Gasteiger partial charge in [0.25, 0.3) is 0 Å². The normalized spacial score (nSPS) is 10.8. The Morgan fingerprint density at radius 1 is 0.800 bits per heavy atom. The summed E-state index contributed by atoms with van der Waals surface area (Å²) in [5.74, 6) is 0. The molecule has 0 aliphatic carbocycles. The summed E-state index contributed by atoms with van der Waals surface area (Å²) in [5, 5.41) is 21.7. The third-order valence-corrected chi connectivity index (χ3v) is 3.70. The molecule has 0 unspecified atom stereocenters. The molecule has 0 saturated carbocycles. The highest BCUT2D eigenvalue weighted by atomic mass is 35.5. The number of hydrogen-bond donors (Lipinski definition) is 2. The molecule has 0 heterocycles. The SMILES string of the molecule is OB(O)c1cccc(Cl)c1-c1cccc2ccccc12. The average molecular weight is 283 g/mol. The molecule has 0 atom stereocenters. The average Bonchev–Trinajstić information content (AvgIpc) is 2.46. The molecule has 0 saturated heterocycles. The van der Waals surface area contributed by atoms with E-state index < -0.39 is 7.12 Å².